The number of aromatic nitrogens is 2. The van der Waals surface area contributed by atoms with Crippen molar-refractivity contribution in [3.8, 4) is 5.69 Å². The van der Waals surface area contributed by atoms with Crippen LogP contribution in [0.2, 0.25) is 0 Å². The molecular formula is C14H14FN2O2+. The summed E-state index contributed by atoms with van der Waals surface area (Å²) < 4.78 is 15.4. The highest BCUT2D eigenvalue weighted by Gasteiger charge is 2.26. The predicted molar refractivity (Wildman–Crippen MR) is 68.2 cm³/mol. The number of carbonyl (C=O) groups excluding carboxylic acids is 1. The first kappa shape index (κ1) is 11.9. The van der Waals surface area contributed by atoms with Crippen molar-refractivity contribution in [1.29, 1.82) is 0 Å². The summed E-state index contributed by atoms with van der Waals surface area (Å²) in [4.78, 5) is 15.4. The van der Waals surface area contributed by atoms with Gasteiger partial charge in [0.15, 0.2) is 5.56 Å². The number of nitrogens with zero attached hydrogens (tertiary/aromatic N) is 2. The number of rotatable bonds is 3. The van der Waals surface area contributed by atoms with E-state index in [9.17, 15) is 9.18 Å². The zero-order valence-corrected chi connectivity index (χ0v) is 10.5. The normalized spacial score (nSPS) is 14.6. The summed E-state index contributed by atoms with van der Waals surface area (Å²) in [7, 11) is 0. The zero-order valence-electron chi connectivity index (χ0n) is 10.5. The van der Waals surface area contributed by atoms with Crippen LogP contribution in [0.1, 0.15) is 40.4 Å². The van der Waals surface area contributed by atoms with E-state index in [0.29, 0.717) is 17.2 Å². The minimum atomic E-state index is -1.01. The van der Waals surface area contributed by atoms with Crippen molar-refractivity contribution in [2.45, 2.75) is 25.7 Å². The fraction of sp³-hybridized carbons (Fsp3) is 0.286. The second-order valence-electron chi connectivity index (χ2n) is 4.93. The molecule has 1 aliphatic rings. The van der Waals surface area contributed by atoms with E-state index in [1.807, 2.05) is 6.20 Å². The average molecular weight is 261 g/mol. The van der Waals surface area contributed by atoms with Crippen molar-refractivity contribution in [3.05, 3.63) is 47.3 Å². The van der Waals surface area contributed by atoms with Gasteiger partial charge in [0, 0.05) is 16.9 Å². The van der Waals surface area contributed by atoms with E-state index in [0.717, 1.165) is 18.5 Å². The van der Waals surface area contributed by atoms with Gasteiger partial charge in [-0.3, -0.25) is 0 Å². The maximum Gasteiger partial charge on any atom is 0.552 e. The van der Waals surface area contributed by atoms with Gasteiger partial charge in [0.1, 0.15) is 5.82 Å². The molecule has 1 saturated carbocycles. The molecule has 0 atom stereocenters. The summed E-state index contributed by atoms with van der Waals surface area (Å²) in [5.74, 6) is -1.12. The average Bonchev–Trinajstić information content (AvgIpc) is 3.08. The molecule has 0 spiro atoms. The van der Waals surface area contributed by atoms with Gasteiger partial charge >= 0.3 is 5.97 Å². The van der Waals surface area contributed by atoms with Gasteiger partial charge in [-0.1, -0.05) is 0 Å². The molecule has 3 rings (SSSR count). The Morgan fingerprint density at radius 1 is 1.47 bits per heavy atom. The van der Waals surface area contributed by atoms with Crippen molar-refractivity contribution in [3.63, 3.8) is 0 Å². The predicted octanol–water partition coefficient (Wildman–Crippen LogP) is 2.06. The fourth-order valence-corrected chi connectivity index (χ4v) is 2.17. The van der Waals surface area contributed by atoms with Gasteiger partial charge < -0.3 is 9.67 Å². The van der Waals surface area contributed by atoms with Crippen LogP contribution in [-0.4, -0.2) is 20.6 Å². The molecule has 5 heteroatoms. The maximum absolute atomic E-state index is 13.6. The number of hydrogen-bond donors (Lipinski definition) is 0. The van der Waals surface area contributed by atoms with Gasteiger partial charge in [-0.15, -0.1) is 0 Å². The van der Waals surface area contributed by atoms with E-state index in [1.54, 1.807) is 17.8 Å². The first-order valence-electron chi connectivity index (χ1n) is 6.16. The van der Waals surface area contributed by atoms with Crippen LogP contribution in [0.5, 0.6) is 0 Å². The number of halogens is 1. The molecule has 1 aliphatic carbocycles. The lowest BCUT2D eigenvalue weighted by Crippen LogP contribution is -2.04. The summed E-state index contributed by atoms with van der Waals surface area (Å²) in [6.07, 6.45) is 5.91. The fourth-order valence-electron chi connectivity index (χ4n) is 2.17. The Morgan fingerprint density at radius 2 is 2.21 bits per heavy atom. The van der Waals surface area contributed by atoms with Gasteiger partial charge in [0.2, 0.25) is 0 Å². The number of benzene rings is 1. The Kier molecular flexibility index (Phi) is 2.62. The Bertz CT molecular complexity index is 659. The highest BCUT2D eigenvalue weighted by molar-refractivity contribution is 5.88. The number of hydrogen-bond acceptors (Lipinski definition) is 2. The van der Waals surface area contributed by atoms with Crippen LogP contribution in [0.4, 0.5) is 4.39 Å². The molecule has 0 saturated heterocycles. The van der Waals surface area contributed by atoms with Gasteiger partial charge in [0.05, 0.1) is 17.7 Å². The van der Waals surface area contributed by atoms with Crippen molar-refractivity contribution in [2.24, 2.45) is 0 Å². The summed E-state index contributed by atoms with van der Waals surface area (Å²) in [5, 5.41) is 7.07. The molecule has 0 radical (unpaired) electrons. The molecule has 0 aliphatic heterocycles. The smallest absolute Gasteiger partial charge is 0.552 e. The van der Waals surface area contributed by atoms with E-state index in [4.69, 9.17) is 5.11 Å². The molecule has 4 nitrogen and oxygen atoms in total. The van der Waals surface area contributed by atoms with E-state index in [1.165, 1.54) is 12.1 Å². The third kappa shape index (κ3) is 2.12. The molecule has 2 aromatic rings. The second kappa shape index (κ2) is 4.19. The lowest BCUT2D eigenvalue weighted by Gasteiger charge is -2.07. The molecule has 1 fully saturated rings. The topological polar surface area (TPSA) is 57.8 Å². The summed E-state index contributed by atoms with van der Waals surface area (Å²) in [6, 6.07) is 2.70. The monoisotopic (exact) mass is 261 g/mol. The van der Waals surface area contributed by atoms with Gasteiger partial charge in [-0.05, 0) is 37.5 Å². The summed E-state index contributed by atoms with van der Waals surface area (Å²) in [6.45, 7) is 1.77. The quantitative estimate of drug-likeness (QED) is 0.794. The van der Waals surface area contributed by atoms with Crippen LogP contribution in [0, 0.1) is 12.7 Å². The van der Waals surface area contributed by atoms with Crippen LogP contribution in [0.3, 0.4) is 0 Å². The molecule has 0 unspecified atom stereocenters. The van der Waals surface area contributed by atoms with Crippen LogP contribution >= 0.6 is 0 Å². The third-order valence-electron chi connectivity index (χ3n) is 3.41. The van der Waals surface area contributed by atoms with Crippen LogP contribution in [0.25, 0.3) is 5.69 Å². The summed E-state index contributed by atoms with van der Waals surface area (Å²) >= 11 is 0. The molecule has 19 heavy (non-hydrogen) atoms. The Labute approximate surface area is 109 Å². The molecular weight excluding hydrogens is 247 g/mol. The number of imidazole rings is 1. The Hall–Kier alpha value is -2.17. The first-order valence-corrected chi connectivity index (χ1v) is 6.16. The molecule has 0 amide bonds. The second-order valence-corrected chi connectivity index (χ2v) is 4.93. The Balaban J connectivity index is 2.07. The zero-order chi connectivity index (χ0) is 13.6. The minimum absolute atomic E-state index is 0.206. The van der Waals surface area contributed by atoms with E-state index in [-0.39, 0.29) is 5.56 Å². The van der Waals surface area contributed by atoms with E-state index in [2.05, 4.69) is 4.98 Å². The highest BCUT2D eigenvalue weighted by atomic mass is 19.1. The Morgan fingerprint density at radius 3 is 2.84 bits per heavy atom. The third-order valence-corrected chi connectivity index (χ3v) is 3.41. The van der Waals surface area contributed by atoms with Crippen molar-refractivity contribution in [2.75, 3.05) is 0 Å². The van der Waals surface area contributed by atoms with E-state index >= 15 is 0 Å². The van der Waals surface area contributed by atoms with E-state index < -0.39 is 11.8 Å². The minimum Gasteiger partial charge on any atom is -0.561 e. The van der Waals surface area contributed by atoms with Gasteiger partial charge in [-0.25, -0.2) is 9.37 Å². The van der Waals surface area contributed by atoms with Crippen molar-refractivity contribution >= 4 is 5.97 Å². The molecule has 1 heterocycles. The van der Waals surface area contributed by atoms with Crippen LogP contribution in [-0.2, 0) is 0 Å². The lowest BCUT2D eigenvalue weighted by molar-refractivity contribution is 0.0692. The molecule has 0 bridgehead atoms. The highest BCUT2D eigenvalue weighted by Crippen LogP contribution is 2.39. The number of carbonyl (C=O) groups is 1. The van der Waals surface area contributed by atoms with Gasteiger partial charge in [0.25, 0.3) is 0 Å². The lowest BCUT2D eigenvalue weighted by atomic mass is 10.1. The van der Waals surface area contributed by atoms with Crippen molar-refractivity contribution < 1.29 is 14.3 Å². The molecule has 98 valence electrons. The maximum atomic E-state index is 13.6. The molecule has 2 N–H and O–H groups in total. The van der Waals surface area contributed by atoms with Crippen LogP contribution < -0.4 is 0 Å². The van der Waals surface area contributed by atoms with Crippen molar-refractivity contribution in [1.82, 2.24) is 9.55 Å². The largest absolute Gasteiger partial charge is 0.561 e. The molecule has 1 aromatic heterocycles. The molecule has 1 aromatic carbocycles. The van der Waals surface area contributed by atoms with Crippen LogP contribution in [0.15, 0.2) is 24.7 Å². The first-order chi connectivity index (χ1) is 9.06. The number of aryl methyl sites for hydroxylation is 1. The standard InChI is InChI=1S/C14H13FN2O2/c1-8-4-11(15)10(14(18)19)5-13(8)17-6-12(16-7-17)9-2-3-9/h4-7,9H,2-3H2,1H3,(H,18,19)/p+1. The SMILES string of the molecule is Cc1cc(F)c(C(=O)[OH2+])cc1-n1cnc(C2CC2)c1. The summed E-state index contributed by atoms with van der Waals surface area (Å²) in [5.41, 5.74) is 2.23. The van der Waals surface area contributed by atoms with Gasteiger partial charge in [-0.2, -0.15) is 0 Å².